The lowest BCUT2D eigenvalue weighted by atomic mass is 10.1. The maximum atomic E-state index is 5.90. The highest BCUT2D eigenvalue weighted by Crippen LogP contribution is 2.33. The smallest absolute Gasteiger partial charge is 0.175 e. The van der Waals surface area contributed by atoms with E-state index >= 15 is 0 Å². The van der Waals surface area contributed by atoms with Gasteiger partial charge in [-0.25, -0.2) is 0 Å². The average Bonchev–Trinajstić information content (AvgIpc) is 3.11. The topological polar surface area (TPSA) is 52.0 Å². The van der Waals surface area contributed by atoms with Crippen LogP contribution < -0.4 is 5.73 Å². The monoisotopic (exact) mass is 290 g/mol. The molecule has 3 heterocycles. The van der Waals surface area contributed by atoms with Crippen LogP contribution in [0.3, 0.4) is 0 Å². The van der Waals surface area contributed by atoms with Crippen molar-refractivity contribution in [3.05, 3.63) is 45.7 Å². The van der Waals surface area contributed by atoms with E-state index in [1.54, 1.807) is 22.7 Å². The first-order valence-electron chi connectivity index (χ1n) is 6.15. The Labute approximate surface area is 119 Å². The molecule has 0 aliphatic carbocycles. The average molecular weight is 290 g/mol. The minimum atomic E-state index is 0.494. The van der Waals surface area contributed by atoms with E-state index in [0.717, 1.165) is 35.5 Å². The molecule has 5 heteroatoms. The van der Waals surface area contributed by atoms with Crippen LogP contribution in [0, 0.1) is 0 Å². The number of thiophene rings is 2. The maximum Gasteiger partial charge on any atom is 0.175 e. The summed E-state index contributed by atoms with van der Waals surface area (Å²) in [5.74, 6) is 1.39. The van der Waals surface area contributed by atoms with Gasteiger partial charge < -0.3 is 10.3 Å². The summed E-state index contributed by atoms with van der Waals surface area (Å²) in [4.78, 5) is 2.54. The van der Waals surface area contributed by atoms with Gasteiger partial charge in [0, 0.05) is 16.2 Å². The molecule has 3 aromatic heterocycles. The molecule has 0 atom stereocenters. The van der Waals surface area contributed by atoms with Crippen molar-refractivity contribution in [1.29, 1.82) is 0 Å². The molecule has 0 aliphatic heterocycles. The van der Waals surface area contributed by atoms with E-state index in [1.165, 1.54) is 4.88 Å². The van der Waals surface area contributed by atoms with Gasteiger partial charge in [-0.2, -0.15) is 0 Å². The number of nitrogens with zero attached hydrogens (tertiary/aromatic N) is 1. The molecule has 0 saturated heterocycles. The number of aryl methyl sites for hydroxylation is 2. The summed E-state index contributed by atoms with van der Waals surface area (Å²) >= 11 is 3.46. The molecule has 0 aliphatic rings. The van der Waals surface area contributed by atoms with Crippen LogP contribution in [0.25, 0.3) is 10.4 Å². The van der Waals surface area contributed by atoms with E-state index < -0.39 is 0 Å². The number of hydrogen-bond acceptors (Lipinski definition) is 5. The molecular formula is C14H14N2OS2. The lowest BCUT2D eigenvalue weighted by Gasteiger charge is -1.99. The van der Waals surface area contributed by atoms with Gasteiger partial charge in [-0.05, 0) is 35.7 Å². The second kappa shape index (κ2) is 5.59. The van der Waals surface area contributed by atoms with E-state index in [-0.39, 0.29) is 0 Å². The Bertz CT molecular complexity index is 627. The second-order valence-corrected chi connectivity index (χ2v) is 6.26. The molecule has 98 valence electrons. The highest BCUT2D eigenvalue weighted by molar-refractivity contribution is 7.13. The van der Waals surface area contributed by atoms with Gasteiger partial charge in [0.05, 0.1) is 5.56 Å². The van der Waals surface area contributed by atoms with E-state index in [4.69, 9.17) is 10.3 Å². The summed E-state index contributed by atoms with van der Waals surface area (Å²) in [6.07, 6.45) is 2.99. The van der Waals surface area contributed by atoms with Crippen LogP contribution in [0.15, 0.2) is 39.5 Å². The summed E-state index contributed by atoms with van der Waals surface area (Å²) in [6.45, 7) is 0. The summed E-state index contributed by atoms with van der Waals surface area (Å²) in [5, 5.41) is 8.05. The predicted octanol–water partition coefficient (Wildman–Crippen LogP) is 4.22. The van der Waals surface area contributed by atoms with Gasteiger partial charge in [0.2, 0.25) is 0 Å². The highest BCUT2D eigenvalue weighted by Gasteiger charge is 2.16. The van der Waals surface area contributed by atoms with E-state index in [1.807, 2.05) is 11.4 Å². The van der Waals surface area contributed by atoms with Crippen molar-refractivity contribution in [1.82, 2.24) is 5.16 Å². The SMILES string of the molecule is Nc1noc(CCCc2cccs2)c1-c1cccs1. The summed E-state index contributed by atoms with van der Waals surface area (Å²) < 4.78 is 5.37. The molecule has 0 spiro atoms. The molecule has 0 unspecified atom stereocenters. The zero-order valence-electron chi connectivity index (χ0n) is 10.3. The van der Waals surface area contributed by atoms with Crippen molar-refractivity contribution in [2.45, 2.75) is 19.3 Å². The molecule has 0 bridgehead atoms. The lowest BCUT2D eigenvalue weighted by molar-refractivity contribution is 0.384. The molecule has 19 heavy (non-hydrogen) atoms. The standard InChI is InChI=1S/C14H14N2OS2/c15-14-13(12-7-3-9-19-12)11(17-16-14)6-1-4-10-5-2-8-18-10/h2-3,5,7-9H,1,4,6H2,(H2,15,16). The van der Waals surface area contributed by atoms with Gasteiger partial charge >= 0.3 is 0 Å². The number of anilines is 1. The van der Waals surface area contributed by atoms with E-state index in [2.05, 4.69) is 28.7 Å². The quantitative estimate of drug-likeness (QED) is 0.765. The third kappa shape index (κ3) is 2.72. The summed E-state index contributed by atoms with van der Waals surface area (Å²) in [7, 11) is 0. The molecule has 3 nitrogen and oxygen atoms in total. The van der Waals surface area contributed by atoms with E-state index in [9.17, 15) is 0 Å². The van der Waals surface area contributed by atoms with Crippen LogP contribution >= 0.6 is 22.7 Å². The van der Waals surface area contributed by atoms with Crippen LogP contribution in [-0.4, -0.2) is 5.16 Å². The molecule has 0 amide bonds. The number of nitrogens with two attached hydrogens (primary N) is 1. The third-order valence-electron chi connectivity index (χ3n) is 2.96. The van der Waals surface area contributed by atoms with Crippen LogP contribution in [0.5, 0.6) is 0 Å². The van der Waals surface area contributed by atoms with Crippen molar-refractivity contribution in [3.8, 4) is 10.4 Å². The van der Waals surface area contributed by atoms with Crippen LogP contribution in [0.1, 0.15) is 17.1 Å². The van der Waals surface area contributed by atoms with Gasteiger partial charge in [0.1, 0.15) is 5.76 Å². The fourth-order valence-corrected chi connectivity index (χ4v) is 3.62. The van der Waals surface area contributed by atoms with Crippen LogP contribution in [0.2, 0.25) is 0 Å². The first-order chi connectivity index (χ1) is 9.34. The molecule has 0 radical (unpaired) electrons. The number of aromatic nitrogens is 1. The van der Waals surface area contributed by atoms with Crippen LogP contribution in [0.4, 0.5) is 5.82 Å². The van der Waals surface area contributed by atoms with Gasteiger partial charge in [-0.15, -0.1) is 22.7 Å². The number of nitrogen functional groups attached to an aromatic ring is 1. The largest absolute Gasteiger partial charge is 0.380 e. The fourth-order valence-electron chi connectivity index (χ4n) is 2.07. The lowest BCUT2D eigenvalue weighted by Crippen LogP contribution is -1.91. The predicted molar refractivity (Wildman–Crippen MR) is 80.6 cm³/mol. The zero-order chi connectivity index (χ0) is 13.1. The first kappa shape index (κ1) is 12.4. The van der Waals surface area contributed by atoms with Crippen molar-refractivity contribution >= 4 is 28.5 Å². The normalized spacial score (nSPS) is 10.9. The van der Waals surface area contributed by atoms with Gasteiger partial charge in [-0.3, -0.25) is 0 Å². The molecule has 3 aromatic rings. The molecule has 0 fully saturated rings. The molecule has 0 aromatic carbocycles. The first-order valence-corrected chi connectivity index (χ1v) is 7.91. The summed E-state index contributed by atoms with van der Waals surface area (Å²) in [6, 6.07) is 8.32. The maximum absolute atomic E-state index is 5.90. The summed E-state index contributed by atoms with van der Waals surface area (Å²) in [5.41, 5.74) is 6.88. The Morgan fingerprint density at radius 1 is 1.11 bits per heavy atom. The Morgan fingerprint density at radius 3 is 2.68 bits per heavy atom. The Morgan fingerprint density at radius 2 is 1.95 bits per heavy atom. The second-order valence-electron chi connectivity index (χ2n) is 4.28. The fraction of sp³-hybridized carbons (Fsp3) is 0.214. The number of hydrogen-bond donors (Lipinski definition) is 1. The molecule has 3 rings (SSSR count). The third-order valence-corrected chi connectivity index (χ3v) is 4.79. The van der Waals surface area contributed by atoms with Crippen molar-refractivity contribution in [3.63, 3.8) is 0 Å². The van der Waals surface area contributed by atoms with Gasteiger partial charge in [0.25, 0.3) is 0 Å². The molecular weight excluding hydrogens is 276 g/mol. The zero-order valence-corrected chi connectivity index (χ0v) is 12.0. The Hall–Kier alpha value is -1.59. The Balaban J connectivity index is 1.71. The Kier molecular flexibility index (Phi) is 3.66. The van der Waals surface area contributed by atoms with E-state index in [0.29, 0.717) is 5.82 Å². The van der Waals surface area contributed by atoms with Gasteiger partial charge in [0.15, 0.2) is 5.82 Å². The van der Waals surface area contributed by atoms with Crippen molar-refractivity contribution in [2.75, 3.05) is 5.73 Å². The molecule has 0 saturated carbocycles. The van der Waals surface area contributed by atoms with Crippen molar-refractivity contribution < 1.29 is 4.52 Å². The van der Waals surface area contributed by atoms with Crippen molar-refractivity contribution in [2.24, 2.45) is 0 Å². The van der Waals surface area contributed by atoms with Gasteiger partial charge in [-0.1, -0.05) is 17.3 Å². The van der Waals surface area contributed by atoms with Crippen LogP contribution in [-0.2, 0) is 12.8 Å². The minimum absolute atomic E-state index is 0.494. The molecule has 2 N–H and O–H groups in total. The highest BCUT2D eigenvalue weighted by atomic mass is 32.1. The number of rotatable bonds is 5. The minimum Gasteiger partial charge on any atom is -0.380 e.